The number of ether oxygens (including phenoxy) is 2. The SMILES string of the molecule is COC(=O)c1cnc(Oc2ccccc2)cn1. The van der Waals surface area contributed by atoms with E-state index >= 15 is 0 Å². The average molecular weight is 230 g/mol. The van der Waals surface area contributed by atoms with Crippen LogP contribution in [0.3, 0.4) is 0 Å². The van der Waals surface area contributed by atoms with Crippen molar-refractivity contribution in [2.75, 3.05) is 7.11 Å². The first-order chi connectivity index (χ1) is 8.29. The molecule has 0 radical (unpaired) electrons. The van der Waals surface area contributed by atoms with Crippen LogP contribution in [0.1, 0.15) is 10.5 Å². The number of esters is 1. The number of rotatable bonds is 3. The maximum atomic E-state index is 11.1. The number of para-hydroxylation sites is 1. The van der Waals surface area contributed by atoms with Crippen LogP contribution < -0.4 is 4.74 Å². The van der Waals surface area contributed by atoms with E-state index in [1.165, 1.54) is 19.5 Å². The predicted molar refractivity (Wildman–Crippen MR) is 59.9 cm³/mol. The van der Waals surface area contributed by atoms with E-state index in [1.54, 1.807) is 12.1 Å². The highest BCUT2D eigenvalue weighted by molar-refractivity contribution is 5.86. The second-order valence-electron chi connectivity index (χ2n) is 3.15. The summed E-state index contributed by atoms with van der Waals surface area (Å²) in [4.78, 5) is 19.0. The van der Waals surface area contributed by atoms with Crippen molar-refractivity contribution in [2.24, 2.45) is 0 Å². The van der Waals surface area contributed by atoms with Crippen LogP contribution in [-0.4, -0.2) is 23.0 Å². The lowest BCUT2D eigenvalue weighted by molar-refractivity contribution is 0.0593. The minimum Gasteiger partial charge on any atom is -0.464 e. The molecular weight excluding hydrogens is 220 g/mol. The third-order valence-corrected chi connectivity index (χ3v) is 1.99. The molecule has 2 rings (SSSR count). The van der Waals surface area contributed by atoms with E-state index < -0.39 is 5.97 Å². The Morgan fingerprint density at radius 1 is 1.12 bits per heavy atom. The fraction of sp³-hybridized carbons (Fsp3) is 0.0833. The predicted octanol–water partition coefficient (Wildman–Crippen LogP) is 2.06. The molecule has 0 saturated carbocycles. The molecular formula is C12H10N2O3. The number of benzene rings is 1. The molecule has 0 saturated heterocycles. The van der Waals surface area contributed by atoms with Crippen LogP contribution in [0.2, 0.25) is 0 Å². The fourth-order valence-electron chi connectivity index (χ4n) is 1.19. The molecule has 1 aromatic carbocycles. The van der Waals surface area contributed by atoms with Crippen molar-refractivity contribution < 1.29 is 14.3 Å². The molecule has 86 valence electrons. The summed E-state index contributed by atoms with van der Waals surface area (Å²) in [5, 5.41) is 0. The van der Waals surface area contributed by atoms with Crippen molar-refractivity contribution in [3.05, 3.63) is 48.4 Å². The highest BCUT2D eigenvalue weighted by Crippen LogP contribution is 2.17. The van der Waals surface area contributed by atoms with E-state index in [2.05, 4.69) is 14.7 Å². The quantitative estimate of drug-likeness (QED) is 0.755. The topological polar surface area (TPSA) is 61.3 Å². The van der Waals surface area contributed by atoms with Gasteiger partial charge >= 0.3 is 5.97 Å². The van der Waals surface area contributed by atoms with Crippen LogP contribution in [0.4, 0.5) is 0 Å². The molecule has 0 aliphatic heterocycles. The first-order valence-electron chi connectivity index (χ1n) is 4.93. The van der Waals surface area contributed by atoms with E-state index in [0.717, 1.165) is 0 Å². The minimum atomic E-state index is -0.524. The lowest BCUT2D eigenvalue weighted by atomic mass is 10.3. The van der Waals surface area contributed by atoms with Gasteiger partial charge in [0.15, 0.2) is 5.69 Å². The first kappa shape index (κ1) is 11.1. The van der Waals surface area contributed by atoms with Crippen molar-refractivity contribution >= 4 is 5.97 Å². The number of carbonyl (C=O) groups is 1. The number of hydrogen-bond donors (Lipinski definition) is 0. The first-order valence-corrected chi connectivity index (χ1v) is 4.93. The van der Waals surface area contributed by atoms with Gasteiger partial charge in [0, 0.05) is 0 Å². The van der Waals surface area contributed by atoms with E-state index in [1.807, 2.05) is 18.2 Å². The Morgan fingerprint density at radius 3 is 2.47 bits per heavy atom. The second kappa shape index (κ2) is 5.07. The molecule has 5 heteroatoms. The summed E-state index contributed by atoms with van der Waals surface area (Å²) in [5.41, 5.74) is 0.146. The number of nitrogens with zero attached hydrogens (tertiary/aromatic N) is 2. The van der Waals surface area contributed by atoms with E-state index in [9.17, 15) is 4.79 Å². The number of aromatic nitrogens is 2. The summed E-state index contributed by atoms with van der Waals surface area (Å²) >= 11 is 0. The summed E-state index contributed by atoms with van der Waals surface area (Å²) in [5.74, 6) is 0.459. The van der Waals surface area contributed by atoms with Crippen LogP contribution >= 0.6 is 0 Å². The number of methoxy groups -OCH3 is 1. The van der Waals surface area contributed by atoms with Gasteiger partial charge in [0.05, 0.1) is 19.5 Å². The molecule has 0 atom stereocenters. The van der Waals surface area contributed by atoms with Gasteiger partial charge < -0.3 is 9.47 Å². The molecule has 0 bridgehead atoms. The highest BCUT2D eigenvalue weighted by Gasteiger charge is 2.07. The highest BCUT2D eigenvalue weighted by atomic mass is 16.5. The molecule has 1 heterocycles. The van der Waals surface area contributed by atoms with Gasteiger partial charge in [-0.2, -0.15) is 0 Å². The summed E-state index contributed by atoms with van der Waals surface area (Å²) < 4.78 is 9.93. The van der Waals surface area contributed by atoms with Crippen LogP contribution in [0, 0.1) is 0 Å². The molecule has 0 aliphatic carbocycles. The molecule has 0 aliphatic rings. The van der Waals surface area contributed by atoms with Gasteiger partial charge in [0.2, 0.25) is 5.88 Å². The minimum absolute atomic E-state index is 0.146. The Kier molecular flexibility index (Phi) is 3.30. The maximum absolute atomic E-state index is 11.1. The summed E-state index contributed by atoms with van der Waals surface area (Å²) in [6.07, 6.45) is 2.68. The van der Waals surface area contributed by atoms with Gasteiger partial charge in [-0.15, -0.1) is 0 Å². The summed E-state index contributed by atoms with van der Waals surface area (Å²) in [7, 11) is 1.29. The normalized spacial score (nSPS) is 9.71. The molecule has 17 heavy (non-hydrogen) atoms. The second-order valence-corrected chi connectivity index (χ2v) is 3.15. The van der Waals surface area contributed by atoms with Crippen molar-refractivity contribution in [3.8, 4) is 11.6 Å². The standard InChI is InChI=1S/C12H10N2O3/c1-16-12(15)10-7-14-11(8-13-10)17-9-5-3-2-4-6-9/h2-8H,1H3. The summed E-state index contributed by atoms with van der Waals surface area (Å²) in [6, 6.07) is 9.20. The smallest absolute Gasteiger partial charge is 0.358 e. The monoisotopic (exact) mass is 230 g/mol. The molecule has 5 nitrogen and oxygen atoms in total. The molecule has 0 fully saturated rings. The third kappa shape index (κ3) is 2.78. The Bertz CT molecular complexity index is 497. The van der Waals surface area contributed by atoms with Crippen molar-refractivity contribution in [3.63, 3.8) is 0 Å². The van der Waals surface area contributed by atoms with Crippen LogP contribution in [0.25, 0.3) is 0 Å². The Hall–Kier alpha value is -2.43. The zero-order valence-corrected chi connectivity index (χ0v) is 9.16. The van der Waals surface area contributed by atoms with Crippen molar-refractivity contribution in [1.82, 2.24) is 9.97 Å². The van der Waals surface area contributed by atoms with Crippen molar-refractivity contribution in [1.29, 1.82) is 0 Å². The molecule has 1 aromatic heterocycles. The summed E-state index contributed by atoms with van der Waals surface area (Å²) in [6.45, 7) is 0. The molecule has 0 unspecified atom stereocenters. The largest absolute Gasteiger partial charge is 0.464 e. The lowest BCUT2D eigenvalue weighted by Gasteiger charge is -2.03. The molecule has 0 amide bonds. The lowest BCUT2D eigenvalue weighted by Crippen LogP contribution is -2.04. The van der Waals surface area contributed by atoms with E-state index in [-0.39, 0.29) is 5.69 Å². The molecule has 0 spiro atoms. The fourth-order valence-corrected chi connectivity index (χ4v) is 1.19. The molecule has 2 aromatic rings. The average Bonchev–Trinajstić information content (AvgIpc) is 2.40. The zero-order chi connectivity index (χ0) is 12.1. The molecule has 0 N–H and O–H groups in total. The van der Waals surface area contributed by atoms with Gasteiger partial charge in [0.25, 0.3) is 0 Å². The Labute approximate surface area is 98.0 Å². The van der Waals surface area contributed by atoms with Gasteiger partial charge in [-0.05, 0) is 12.1 Å². The third-order valence-electron chi connectivity index (χ3n) is 1.99. The Balaban J connectivity index is 2.11. The van der Waals surface area contributed by atoms with Gasteiger partial charge in [-0.3, -0.25) is 0 Å². The Morgan fingerprint density at radius 2 is 1.88 bits per heavy atom. The van der Waals surface area contributed by atoms with Crippen LogP contribution in [-0.2, 0) is 4.74 Å². The van der Waals surface area contributed by atoms with Crippen molar-refractivity contribution in [2.45, 2.75) is 0 Å². The number of hydrogen-bond acceptors (Lipinski definition) is 5. The van der Waals surface area contributed by atoms with Gasteiger partial charge in [0.1, 0.15) is 5.75 Å². The van der Waals surface area contributed by atoms with Crippen LogP contribution in [0.15, 0.2) is 42.7 Å². The number of carbonyl (C=O) groups excluding carboxylic acids is 1. The van der Waals surface area contributed by atoms with E-state index in [4.69, 9.17) is 4.74 Å². The zero-order valence-electron chi connectivity index (χ0n) is 9.16. The van der Waals surface area contributed by atoms with Crippen LogP contribution in [0.5, 0.6) is 11.6 Å². The van der Waals surface area contributed by atoms with Gasteiger partial charge in [-0.25, -0.2) is 14.8 Å². The van der Waals surface area contributed by atoms with E-state index in [0.29, 0.717) is 11.6 Å². The maximum Gasteiger partial charge on any atom is 0.358 e. The van der Waals surface area contributed by atoms with Gasteiger partial charge in [-0.1, -0.05) is 18.2 Å².